The third-order valence-corrected chi connectivity index (χ3v) is 2.96. The van der Waals surface area contributed by atoms with E-state index in [1.54, 1.807) is 6.92 Å². The summed E-state index contributed by atoms with van der Waals surface area (Å²) in [5.74, 6) is 0. The molecule has 0 bridgehead atoms. The Balaban J connectivity index is 2.83. The third kappa shape index (κ3) is 5.33. The first-order chi connectivity index (χ1) is 9.74. The number of nitrogens with zero attached hydrogens (tertiary/aromatic N) is 1. The fourth-order valence-corrected chi connectivity index (χ4v) is 1.82. The Hall–Kier alpha value is -2.24. The van der Waals surface area contributed by atoms with Gasteiger partial charge in [0.05, 0.1) is 6.54 Å². The second-order valence-corrected chi connectivity index (χ2v) is 5.79. The molecular formula is C15H23N3O3. The van der Waals surface area contributed by atoms with Gasteiger partial charge in [-0.25, -0.2) is 20.0 Å². The number of benzene rings is 1. The molecule has 0 spiro atoms. The van der Waals surface area contributed by atoms with Crippen LogP contribution < -0.4 is 10.7 Å². The molecule has 0 saturated carbocycles. The zero-order valence-corrected chi connectivity index (χ0v) is 12.9. The molecule has 3 N–H and O–H groups in total. The lowest BCUT2D eigenvalue weighted by Gasteiger charge is -2.23. The highest BCUT2D eigenvalue weighted by Gasteiger charge is 2.17. The number of carbonyl (C=O) groups excluding carboxylic acids is 1. The molecule has 1 aromatic carbocycles. The molecule has 6 nitrogen and oxygen atoms in total. The number of rotatable bonds is 3. The van der Waals surface area contributed by atoms with Crippen molar-refractivity contribution in [2.24, 2.45) is 0 Å². The Kier molecular flexibility index (Phi) is 5.58. The molecular weight excluding hydrogens is 270 g/mol. The van der Waals surface area contributed by atoms with Gasteiger partial charge in [-0.1, -0.05) is 45.0 Å². The first-order valence-electron chi connectivity index (χ1n) is 6.88. The number of hydrazine groups is 1. The van der Waals surface area contributed by atoms with Gasteiger partial charge < -0.3 is 10.4 Å². The standard InChI is InChI=1S/C15H23N3O3/c1-5-16-13(19)18(17-14(20)21)10-11-6-8-12(9-7-11)15(2,3)4/h6-9,17H,5,10H2,1-4H3,(H,16,19)(H,20,21). The number of carbonyl (C=O) groups is 2. The van der Waals surface area contributed by atoms with Crippen molar-refractivity contribution in [3.05, 3.63) is 35.4 Å². The van der Waals surface area contributed by atoms with E-state index in [4.69, 9.17) is 5.11 Å². The summed E-state index contributed by atoms with van der Waals surface area (Å²) < 4.78 is 0. The number of hydrogen-bond donors (Lipinski definition) is 3. The first kappa shape index (κ1) is 16.8. The van der Waals surface area contributed by atoms with Crippen LogP contribution in [0.3, 0.4) is 0 Å². The van der Waals surface area contributed by atoms with Gasteiger partial charge >= 0.3 is 12.1 Å². The molecule has 0 aliphatic heterocycles. The van der Waals surface area contributed by atoms with Gasteiger partial charge in [-0.3, -0.25) is 0 Å². The SMILES string of the molecule is CCNC(=O)N(Cc1ccc(C(C)(C)C)cc1)NC(=O)O. The maximum Gasteiger partial charge on any atom is 0.423 e. The summed E-state index contributed by atoms with van der Waals surface area (Å²) in [5.41, 5.74) is 4.18. The summed E-state index contributed by atoms with van der Waals surface area (Å²) in [4.78, 5) is 22.6. The van der Waals surface area contributed by atoms with Crippen LogP contribution in [-0.4, -0.2) is 28.8 Å². The zero-order valence-electron chi connectivity index (χ0n) is 12.9. The van der Waals surface area contributed by atoms with Crippen molar-refractivity contribution in [3.8, 4) is 0 Å². The highest BCUT2D eigenvalue weighted by Crippen LogP contribution is 2.22. The third-order valence-electron chi connectivity index (χ3n) is 2.96. The van der Waals surface area contributed by atoms with Crippen LogP contribution in [0.25, 0.3) is 0 Å². The van der Waals surface area contributed by atoms with Crippen LogP contribution in [0.15, 0.2) is 24.3 Å². The minimum absolute atomic E-state index is 0.0527. The van der Waals surface area contributed by atoms with Crippen LogP contribution in [0.1, 0.15) is 38.8 Å². The Morgan fingerprint density at radius 1 is 1.19 bits per heavy atom. The zero-order chi connectivity index (χ0) is 16.0. The van der Waals surface area contributed by atoms with Gasteiger partial charge in [0.1, 0.15) is 0 Å². The molecule has 21 heavy (non-hydrogen) atoms. The normalized spacial score (nSPS) is 10.9. The van der Waals surface area contributed by atoms with E-state index in [0.29, 0.717) is 6.54 Å². The monoisotopic (exact) mass is 293 g/mol. The van der Waals surface area contributed by atoms with E-state index in [2.05, 4.69) is 31.5 Å². The van der Waals surface area contributed by atoms with Gasteiger partial charge in [-0.2, -0.15) is 0 Å². The molecule has 6 heteroatoms. The summed E-state index contributed by atoms with van der Waals surface area (Å²) in [6, 6.07) is 7.31. The number of urea groups is 1. The van der Waals surface area contributed by atoms with Crippen molar-refractivity contribution < 1.29 is 14.7 Å². The fourth-order valence-electron chi connectivity index (χ4n) is 1.82. The van der Waals surface area contributed by atoms with Crippen LogP contribution in [-0.2, 0) is 12.0 Å². The van der Waals surface area contributed by atoms with E-state index in [1.807, 2.05) is 24.3 Å². The molecule has 0 heterocycles. The molecule has 0 radical (unpaired) electrons. The lowest BCUT2D eigenvalue weighted by molar-refractivity contribution is 0.139. The molecule has 0 fully saturated rings. The molecule has 3 amide bonds. The maximum absolute atomic E-state index is 11.8. The van der Waals surface area contributed by atoms with E-state index in [0.717, 1.165) is 10.6 Å². The highest BCUT2D eigenvalue weighted by atomic mass is 16.4. The molecule has 0 atom stereocenters. The van der Waals surface area contributed by atoms with Crippen LogP contribution >= 0.6 is 0 Å². The first-order valence-corrected chi connectivity index (χ1v) is 6.88. The Labute approximate surface area is 125 Å². The minimum atomic E-state index is -1.27. The molecule has 0 saturated heterocycles. The van der Waals surface area contributed by atoms with Gasteiger partial charge in [0.2, 0.25) is 0 Å². The minimum Gasteiger partial charge on any atom is -0.464 e. The van der Waals surface area contributed by atoms with Crippen LogP contribution in [0, 0.1) is 0 Å². The lowest BCUT2D eigenvalue weighted by Crippen LogP contribution is -2.49. The van der Waals surface area contributed by atoms with E-state index >= 15 is 0 Å². The topological polar surface area (TPSA) is 81.7 Å². The molecule has 116 valence electrons. The van der Waals surface area contributed by atoms with E-state index in [9.17, 15) is 9.59 Å². The van der Waals surface area contributed by atoms with Crippen molar-refractivity contribution in [3.63, 3.8) is 0 Å². The average molecular weight is 293 g/mol. The highest BCUT2D eigenvalue weighted by molar-refractivity contribution is 5.77. The quantitative estimate of drug-likeness (QED) is 0.749. The Morgan fingerprint density at radius 2 is 1.76 bits per heavy atom. The van der Waals surface area contributed by atoms with Gasteiger partial charge in [0.25, 0.3) is 0 Å². The van der Waals surface area contributed by atoms with Crippen LogP contribution in [0.4, 0.5) is 9.59 Å². The lowest BCUT2D eigenvalue weighted by atomic mass is 9.87. The summed E-state index contributed by atoms with van der Waals surface area (Å²) >= 11 is 0. The predicted octanol–water partition coefficient (Wildman–Crippen LogP) is 2.70. The van der Waals surface area contributed by atoms with Crippen molar-refractivity contribution in [2.45, 2.75) is 39.7 Å². The number of amides is 3. The van der Waals surface area contributed by atoms with Gasteiger partial charge in [-0.05, 0) is 23.5 Å². The summed E-state index contributed by atoms with van der Waals surface area (Å²) in [6.07, 6.45) is -1.27. The summed E-state index contributed by atoms with van der Waals surface area (Å²) in [5, 5.41) is 12.4. The molecule has 1 aromatic rings. The second-order valence-electron chi connectivity index (χ2n) is 5.79. The fraction of sp³-hybridized carbons (Fsp3) is 0.467. The van der Waals surface area contributed by atoms with Crippen molar-refractivity contribution in [1.82, 2.24) is 15.8 Å². The number of nitrogens with one attached hydrogen (secondary N) is 2. The van der Waals surface area contributed by atoms with Crippen molar-refractivity contribution in [2.75, 3.05) is 6.54 Å². The van der Waals surface area contributed by atoms with Crippen molar-refractivity contribution in [1.29, 1.82) is 0 Å². The average Bonchev–Trinajstić information content (AvgIpc) is 2.37. The second kappa shape index (κ2) is 6.97. The smallest absolute Gasteiger partial charge is 0.423 e. The van der Waals surface area contributed by atoms with E-state index < -0.39 is 12.1 Å². The molecule has 1 rings (SSSR count). The number of hydrogen-bond acceptors (Lipinski definition) is 2. The van der Waals surface area contributed by atoms with Gasteiger partial charge in [0, 0.05) is 6.54 Å². The molecule has 0 aliphatic rings. The van der Waals surface area contributed by atoms with Crippen LogP contribution in [0.5, 0.6) is 0 Å². The largest absolute Gasteiger partial charge is 0.464 e. The Bertz CT molecular complexity index is 492. The predicted molar refractivity (Wildman–Crippen MR) is 80.9 cm³/mol. The van der Waals surface area contributed by atoms with Gasteiger partial charge in [0.15, 0.2) is 0 Å². The number of carboxylic acid groups (broad SMARTS) is 1. The Morgan fingerprint density at radius 3 is 2.19 bits per heavy atom. The molecule has 0 aromatic heterocycles. The molecule has 0 unspecified atom stereocenters. The van der Waals surface area contributed by atoms with E-state index in [1.165, 1.54) is 5.56 Å². The van der Waals surface area contributed by atoms with Crippen LogP contribution in [0.2, 0.25) is 0 Å². The van der Waals surface area contributed by atoms with Crippen molar-refractivity contribution >= 4 is 12.1 Å². The summed E-state index contributed by atoms with van der Waals surface area (Å²) in [7, 11) is 0. The van der Waals surface area contributed by atoms with Gasteiger partial charge in [-0.15, -0.1) is 0 Å². The molecule has 0 aliphatic carbocycles. The summed E-state index contributed by atoms with van der Waals surface area (Å²) in [6.45, 7) is 8.73. The maximum atomic E-state index is 11.8. The van der Waals surface area contributed by atoms with E-state index in [-0.39, 0.29) is 12.0 Å².